The highest BCUT2D eigenvalue weighted by atomic mass is 16.5. The molecule has 0 saturated carbocycles. The molecule has 0 spiro atoms. The lowest BCUT2D eigenvalue weighted by molar-refractivity contribution is 0.319. The molecule has 0 bridgehead atoms. The predicted molar refractivity (Wildman–Crippen MR) is 69.0 cm³/mol. The molecule has 98 valence electrons. The highest BCUT2D eigenvalue weighted by Gasteiger charge is 2.22. The Morgan fingerprint density at radius 1 is 1.29 bits per heavy atom. The number of rotatable bonds is 7. The van der Waals surface area contributed by atoms with Gasteiger partial charge in [-0.05, 0) is 32.7 Å². The Morgan fingerprint density at radius 2 is 2.00 bits per heavy atom. The van der Waals surface area contributed by atoms with Crippen LogP contribution in [-0.2, 0) is 6.42 Å². The highest BCUT2D eigenvalue weighted by molar-refractivity contribution is 4.98. The summed E-state index contributed by atoms with van der Waals surface area (Å²) in [4.78, 5) is 4.50. The van der Waals surface area contributed by atoms with Gasteiger partial charge in [0.15, 0.2) is 5.82 Å². The van der Waals surface area contributed by atoms with E-state index in [2.05, 4.69) is 43.2 Å². The van der Waals surface area contributed by atoms with Crippen molar-refractivity contribution < 1.29 is 4.52 Å². The van der Waals surface area contributed by atoms with E-state index in [-0.39, 0.29) is 0 Å². The maximum atomic E-state index is 5.37. The Labute approximate surface area is 104 Å². The molecule has 1 N–H and O–H groups in total. The van der Waals surface area contributed by atoms with Crippen molar-refractivity contribution in [2.75, 3.05) is 7.05 Å². The van der Waals surface area contributed by atoms with Gasteiger partial charge < -0.3 is 9.84 Å². The van der Waals surface area contributed by atoms with Gasteiger partial charge >= 0.3 is 0 Å². The SMILES string of the molecule is CCC(c1nc(CCC(C)C)no1)C(C)NC. The van der Waals surface area contributed by atoms with Gasteiger partial charge in [0.05, 0.1) is 5.92 Å². The minimum Gasteiger partial charge on any atom is -0.339 e. The molecule has 17 heavy (non-hydrogen) atoms. The molecule has 1 aromatic heterocycles. The molecule has 0 saturated heterocycles. The number of aryl methyl sites for hydroxylation is 1. The van der Waals surface area contributed by atoms with Crippen LogP contribution in [0, 0.1) is 5.92 Å². The second-order valence-corrected chi connectivity index (χ2v) is 5.07. The summed E-state index contributed by atoms with van der Waals surface area (Å²) in [6.45, 7) is 8.71. The second-order valence-electron chi connectivity index (χ2n) is 5.07. The monoisotopic (exact) mass is 239 g/mol. The van der Waals surface area contributed by atoms with E-state index in [1.165, 1.54) is 0 Å². The number of nitrogens with one attached hydrogen (secondary N) is 1. The Bertz CT molecular complexity index is 322. The lowest BCUT2D eigenvalue weighted by Crippen LogP contribution is -2.28. The van der Waals surface area contributed by atoms with Crippen molar-refractivity contribution in [1.82, 2.24) is 15.5 Å². The average Bonchev–Trinajstić information content (AvgIpc) is 2.75. The Morgan fingerprint density at radius 3 is 2.53 bits per heavy atom. The molecule has 2 atom stereocenters. The molecule has 0 aliphatic carbocycles. The van der Waals surface area contributed by atoms with Crippen LogP contribution < -0.4 is 5.32 Å². The predicted octanol–water partition coefficient (Wildman–Crippen LogP) is 2.76. The first kappa shape index (κ1) is 14.2. The molecule has 0 fully saturated rings. The van der Waals surface area contributed by atoms with E-state index >= 15 is 0 Å². The molecule has 4 heteroatoms. The van der Waals surface area contributed by atoms with E-state index in [0.717, 1.165) is 31.0 Å². The van der Waals surface area contributed by atoms with Gasteiger partial charge in [0.1, 0.15) is 0 Å². The zero-order valence-electron chi connectivity index (χ0n) is 11.7. The average molecular weight is 239 g/mol. The molecule has 0 aliphatic rings. The third-order valence-electron chi connectivity index (χ3n) is 3.25. The second kappa shape index (κ2) is 6.74. The van der Waals surface area contributed by atoms with Crippen molar-refractivity contribution in [2.24, 2.45) is 5.92 Å². The first-order chi connectivity index (χ1) is 8.08. The van der Waals surface area contributed by atoms with Gasteiger partial charge in [0.25, 0.3) is 0 Å². The number of nitrogens with zero attached hydrogens (tertiary/aromatic N) is 2. The van der Waals surface area contributed by atoms with Gasteiger partial charge in [-0.15, -0.1) is 0 Å². The van der Waals surface area contributed by atoms with E-state index in [4.69, 9.17) is 4.52 Å². The molecule has 1 aromatic rings. The van der Waals surface area contributed by atoms with E-state index < -0.39 is 0 Å². The molecule has 4 nitrogen and oxygen atoms in total. The number of hydrogen-bond donors (Lipinski definition) is 1. The van der Waals surface area contributed by atoms with Crippen molar-refractivity contribution in [3.63, 3.8) is 0 Å². The van der Waals surface area contributed by atoms with Crippen LogP contribution in [0.3, 0.4) is 0 Å². The largest absolute Gasteiger partial charge is 0.339 e. The minimum absolute atomic E-state index is 0.306. The standard InChI is InChI=1S/C13H25N3O/c1-6-11(10(4)14-5)13-15-12(16-17-13)8-7-9(2)3/h9-11,14H,6-8H2,1-5H3. The summed E-state index contributed by atoms with van der Waals surface area (Å²) in [6, 6.07) is 0.360. The molecule has 2 unspecified atom stereocenters. The Hall–Kier alpha value is -0.900. The van der Waals surface area contributed by atoms with Crippen LogP contribution in [0.4, 0.5) is 0 Å². The first-order valence-electron chi connectivity index (χ1n) is 6.58. The molecule has 0 amide bonds. The third kappa shape index (κ3) is 4.11. The van der Waals surface area contributed by atoms with Gasteiger partial charge in [0.2, 0.25) is 5.89 Å². The van der Waals surface area contributed by atoms with E-state index in [1.807, 2.05) is 7.05 Å². The van der Waals surface area contributed by atoms with Crippen molar-refractivity contribution >= 4 is 0 Å². The summed E-state index contributed by atoms with van der Waals surface area (Å²) in [5.41, 5.74) is 0. The zero-order valence-corrected chi connectivity index (χ0v) is 11.7. The number of aromatic nitrogens is 2. The summed E-state index contributed by atoms with van der Waals surface area (Å²) < 4.78 is 5.37. The van der Waals surface area contributed by atoms with Crippen LogP contribution in [0.2, 0.25) is 0 Å². The van der Waals surface area contributed by atoms with Crippen molar-refractivity contribution in [3.05, 3.63) is 11.7 Å². The van der Waals surface area contributed by atoms with Crippen LogP contribution >= 0.6 is 0 Å². The lowest BCUT2D eigenvalue weighted by atomic mass is 9.98. The number of hydrogen-bond acceptors (Lipinski definition) is 4. The Kier molecular flexibility index (Phi) is 5.62. The van der Waals surface area contributed by atoms with E-state index in [0.29, 0.717) is 17.9 Å². The van der Waals surface area contributed by atoms with Gasteiger partial charge in [-0.25, -0.2) is 0 Å². The molecule has 1 rings (SSSR count). The molecule has 1 heterocycles. The van der Waals surface area contributed by atoms with Crippen LogP contribution in [0.5, 0.6) is 0 Å². The first-order valence-corrected chi connectivity index (χ1v) is 6.58. The maximum absolute atomic E-state index is 5.37. The number of likely N-dealkylation sites (N-methyl/N-ethyl adjacent to an activating group) is 1. The minimum atomic E-state index is 0.306. The highest BCUT2D eigenvalue weighted by Crippen LogP contribution is 2.21. The van der Waals surface area contributed by atoms with Gasteiger partial charge in [-0.2, -0.15) is 4.98 Å². The van der Waals surface area contributed by atoms with Gasteiger partial charge in [-0.3, -0.25) is 0 Å². The smallest absolute Gasteiger partial charge is 0.231 e. The fourth-order valence-corrected chi connectivity index (χ4v) is 1.88. The molecular weight excluding hydrogens is 214 g/mol. The normalized spacial score (nSPS) is 15.2. The summed E-state index contributed by atoms with van der Waals surface area (Å²) >= 11 is 0. The fourth-order valence-electron chi connectivity index (χ4n) is 1.88. The fraction of sp³-hybridized carbons (Fsp3) is 0.846. The van der Waals surface area contributed by atoms with Crippen LogP contribution in [0.15, 0.2) is 4.52 Å². The van der Waals surface area contributed by atoms with Crippen LogP contribution in [-0.4, -0.2) is 23.2 Å². The molecule has 0 aliphatic heterocycles. The summed E-state index contributed by atoms with van der Waals surface area (Å²) in [7, 11) is 1.96. The summed E-state index contributed by atoms with van der Waals surface area (Å²) in [5.74, 6) is 2.60. The van der Waals surface area contributed by atoms with Gasteiger partial charge in [0, 0.05) is 12.5 Å². The Balaban J connectivity index is 2.65. The lowest BCUT2D eigenvalue weighted by Gasteiger charge is -2.17. The zero-order chi connectivity index (χ0) is 12.8. The summed E-state index contributed by atoms with van der Waals surface area (Å²) in [6.07, 6.45) is 3.02. The summed E-state index contributed by atoms with van der Waals surface area (Å²) in [5, 5.41) is 7.31. The van der Waals surface area contributed by atoms with Crippen molar-refractivity contribution in [3.8, 4) is 0 Å². The van der Waals surface area contributed by atoms with Gasteiger partial charge in [-0.1, -0.05) is 25.9 Å². The molecule has 0 aromatic carbocycles. The van der Waals surface area contributed by atoms with Crippen molar-refractivity contribution in [2.45, 2.75) is 58.9 Å². The topological polar surface area (TPSA) is 51.0 Å². The van der Waals surface area contributed by atoms with E-state index in [1.54, 1.807) is 0 Å². The van der Waals surface area contributed by atoms with Crippen molar-refractivity contribution in [1.29, 1.82) is 0 Å². The molecule has 0 radical (unpaired) electrons. The maximum Gasteiger partial charge on any atom is 0.231 e. The van der Waals surface area contributed by atoms with Crippen LogP contribution in [0.1, 0.15) is 58.2 Å². The van der Waals surface area contributed by atoms with E-state index in [9.17, 15) is 0 Å². The quantitative estimate of drug-likeness (QED) is 0.795. The van der Waals surface area contributed by atoms with Crippen LogP contribution in [0.25, 0.3) is 0 Å². The third-order valence-corrected chi connectivity index (χ3v) is 3.25. The molecular formula is C13H25N3O.